The number of benzene rings is 1. The van der Waals surface area contributed by atoms with Crippen LogP contribution in [0.25, 0.3) is 0 Å². The minimum Gasteiger partial charge on any atom is -0.378 e. The lowest BCUT2D eigenvalue weighted by molar-refractivity contribution is -0.122. The van der Waals surface area contributed by atoms with Crippen molar-refractivity contribution in [3.63, 3.8) is 0 Å². The molecule has 1 aliphatic heterocycles. The molecule has 2 rings (SSSR count). The van der Waals surface area contributed by atoms with Crippen molar-refractivity contribution in [2.75, 3.05) is 44.1 Å². The zero-order valence-electron chi connectivity index (χ0n) is 15.4. The van der Waals surface area contributed by atoms with Crippen LogP contribution in [0.3, 0.4) is 0 Å². The van der Waals surface area contributed by atoms with E-state index < -0.39 is 9.84 Å². The van der Waals surface area contributed by atoms with E-state index in [0.29, 0.717) is 13.0 Å². The zero-order chi connectivity index (χ0) is 19.3. The lowest BCUT2D eigenvalue weighted by Crippen LogP contribution is -2.45. The number of hydrogen-bond donors (Lipinski definition) is 2. The number of sulfone groups is 1. The van der Waals surface area contributed by atoms with Gasteiger partial charge in [0.2, 0.25) is 5.91 Å². The second-order valence-electron chi connectivity index (χ2n) is 6.74. The maximum absolute atomic E-state index is 12.1. The van der Waals surface area contributed by atoms with Crippen molar-refractivity contribution in [3.8, 4) is 0 Å². The molecule has 1 aromatic carbocycles. The number of carbonyl (C=O) groups excluding carboxylic acids is 2. The highest BCUT2D eigenvalue weighted by molar-refractivity contribution is 7.91. The Morgan fingerprint density at radius 3 is 2.35 bits per heavy atom. The molecule has 0 aromatic heterocycles. The van der Waals surface area contributed by atoms with Gasteiger partial charge in [-0.15, -0.1) is 0 Å². The fourth-order valence-electron chi connectivity index (χ4n) is 2.69. The van der Waals surface area contributed by atoms with Crippen LogP contribution in [0, 0.1) is 0 Å². The van der Waals surface area contributed by atoms with Crippen molar-refractivity contribution in [2.24, 2.45) is 0 Å². The summed E-state index contributed by atoms with van der Waals surface area (Å²) in [5, 5.41) is 5.42. The molecule has 1 saturated heterocycles. The van der Waals surface area contributed by atoms with Crippen molar-refractivity contribution in [2.45, 2.75) is 19.0 Å². The summed E-state index contributed by atoms with van der Waals surface area (Å²) < 4.78 is 22.8. The van der Waals surface area contributed by atoms with E-state index in [4.69, 9.17) is 0 Å². The van der Waals surface area contributed by atoms with Crippen LogP contribution in [0.5, 0.6) is 0 Å². The number of nitrogens with zero attached hydrogens (tertiary/aromatic N) is 2. The highest BCUT2D eigenvalue weighted by Gasteiger charge is 2.29. The van der Waals surface area contributed by atoms with Gasteiger partial charge < -0.3 is 20.4 Å². The van der Waals surface area contributed by atoms with E-state index in [1.165, 1.54) is 11.9 Å². The summed E-state index contributed by atoms with van der Waals surface area (Å²) in [7, 11) is 2.39. The molecular formula is C17H26N4O4S. The molecule has 9 heteroatoms. The third kappa shape index (κ3) is 5.91. The van der Waals surface area contributed by atoms with Gasteiger partial charge in [-0.3, -0.25) is 4.79 Å². The van der Waals surface area contributed by atoms with Gasteiger partial charge in [-0.2, -0.15) is 0 Å². The van der Waals surface area contributed by atoms with Gasteiger partial charge in [0.15, 0.2) is 9.84 Å². The van der Waals surface area contributed by atoms with Crippen LogP contribution in [0.1, 0.15) is 12.0 Å². The number of urea groups is 1. The molecule has 2 N–H and O–H groups in total. The minimum atomic E-state index is -3.04. The average Bonchev–Trinajstić information content (AvgIpc) is 2.91. The molecule has 1 aromatic rings. The lowest BCUT2D eigenvalue weighted by Gasteiger charge is -2.19. The van der Waals surface area contributed by atoms with Crippen LogP contribution in [-0.4, -0.2) is 70.5 Å². The second kappa shape index (κ2) is 8.39. The summed E-state index contributed by atoms with van der Waals surface area (Å²) >= 11 is 0. The second-order valence-corrected chi connectivity index (χ2v) is 8.97. The van der Waals surface area contributed by atoms with Crippen LogP contribution in [0.2, 0.25) is 0 Å². The molecule has 0 saturated carbocycles. The lowest BCUT2D eigenvalue weighted by atomic mass is 10.2. The fourth-order valence-corrected chi connectivity index (χ4v) is 4.37. The average molecular weight is 382 g/mol. The first-order valence-electron chi connectivity index (χ1n) is 8.41. The molecule has 0 aliphatic carbocycles. The molecule has 26 heavy (non-hydrogen) atoms. The van der Waals surface area contributed by atoms with E-state index in [0.717, 1.165) is 11.3 Å². The summed E-state index contributed by atoms with van der Waals surface area (Å²) in [6.07, 6.45) is 0.424. The standard InChI is InChI=1S/C17H26N4O4S/c1-20(2)15-6-4-13(5-7-15)10-18-17(23)21(3)11-16(22)19-14-8-9-26(24,25)12-14/h4-7,14H,8-12H2,1-3H3,(H,18,23)(H,19,22). The Kier molecular flexibility index (Phi) is 6.47. The largest absolute Gasteiger partial charge is 0.378 e. The molecule has 0 radical (unpaired) electrons. The van der Waals surface area contributed by atoms with Gasteiger partial charge in [0.05, 0.1) is 11.5 Å². The Morgan fingerprint density at radius 2 is 1.81 bits per heavy atom. The molecule has 3 amide bonds. The van der Waals surface area contributed by atoms with Crippen LogP contribution < -0.4 is 15.5 Å². The van der Waals surface area contributed by atoms with Crippen molar-refractivity contribution < 1.29 is 18.0 Å². The highest BCUT2D eigenvalue weighted by Crippen LogP contribution is 2.12. The molecule has 0 spiro atoms. The SMILES string of the molecule is CN(CC(=O)NC1CCS(=O)(=O)C1)C(=O)NCc1ccc(N(C)C)cc1. The van der Waals surface area contributed by atoms with E-state index in [1.54, 1.807) is 0 Å². The first-order chi connectivity index (χ1) is 12.2. The molecule has 8 nitrogen and oxygen atoms in total. The smallest absolute Gasteiger partial charge is 0.317 e. The third-order valence-electron chi connectivity index (χ3n) is 4.22. The summed E-state index contributed by atoms with van der Waals surface area (Å²) in [4.78, 5) is 27.3. The van der Waals surface area contributed by atoms with Gasteiger partial charge in [0.1, 0.15) is 6.54 Å². The number of amides is 3. The van der Waals surface area contributed by atoms with Gasteiger partial charge >= 0.3 is 6.03 Å². The summed E-state index contributed by atoms with van der Waals surface area (Å²) in [5.41, 5.74) is 2.03. The van der Waals surface area contributed by atoms with Gasteiger partial charge in [-0.25, -0.2) is 13.2 Å². The van der Waals surface area contributed by atoms with E-state index in [2.05, 4.69) is 10.6 Å². The molecule has 1 unspecified atom stereocenters. The third-order valence-corrected chi connectivity index (χ3v) is 5.99. The molecule has 1 aliphatic rings. The predicted molar refractivity (Wildman–Crippen MR) is 101 cm³/mol. The Balaban J connectivity index is 1.75. The van der Waals surface area contributed by atoms with E-state index >= 15 is 0 Å². The quantitative estimate of drug-likeness (QED) is 0.732. The van der Waals surface area contributed by atoms with Gasteiger partial charge in [-0.1, -0.05) is 12.1 Å². The molecule has 144 valence electrons. The van der Waals surface area contributed by atoms with Crippen LogP contribution in [0.15, 0.2) is 24.3 Å². The Bertz CT molecular complexity index is 747. The Morgan fingerprint density at radius 1 is 1.15 bits per heavy atom. The first-order valence-corrected chi connectivity index (χ1v) is 10.2. The maximum Gasteiger partial charge on any atom is 0.317 e. The topological polar surface area (TPSA) is 98.8 Å². The van der Waals surface area contributed by atoms with E-state index in [1.807, 2.05) is 43.3 Å². The van der Waals surface area contributed by atoms with Crippen LogP contribution >= 0.6 is 0 Å². The predicted octanol–water partition coefficient (Wildman–Crippen LogP) is 0.197. The first kappa shape index (κ1) is 20.0. The Labute approximate surface area is 154 Å². The number of likely N-dealkylation sites (N-methyl/N-ethyl adjacent to an activating group) is 1. The van der Waals surface area contributed by atoms with Crippen LogP contribution in [-0.2, 0) is 21.2 Å². The van der Waals surface area contributed by atoms with Gasteiger partial charge in [0.25, 0.3) is 0 Å². The number of carbonyl (C=O) groups is 2. The van der Waals surface area contributed by atoms with Crippen LogP contribution in [0.4, 0.5) is 10.5 Å². The highest BCUT2D eigenvalue weighted by atomic mass is 32.2. The minimum absolute atomic E-state index is 0.0302. The molecular weight excluding hydrogens is 356 g/mol. The van der Waals surface area contributed by atoms with E-state index in [-0.39, 0.29) is 36.0 Å². The summed E-state index contributed by atoms with van der Waals surface area (Å²) in [5.74, 6) is -0.293. The van der Waals surface area contributed by atoms with Gasteiger partial charge in [-0.05, 0) is 24.1 Å². The number of rotatable bonds is 6. The van der Waals surface area contributed by atoms with Crippen molar-refractivity contribution >= 4 is 27.5 Å². The molecule has 1 fully saturated rings. The molecule has 1 heterocycles. The normalized spacial score (nSPS) is 18.2. The number of nitrogens with one attached hydrogen (secondary N) is 2. The summed E-state index contributed by atoms with van der Waals surface area (Å²) in [6.45, 7) is 0.237. The fraction of sp³-hybridized carbons (Fsp3) is 0.529. The van der Waals surface area contributed by atoms with Crippen molar-refractivity contribution in [1.82, 2.24) is 15.5 Å². The number of anilines is 1. The summed E-state index contributed by atoms with van der Waals surface area (Å²) in [6, 6.07) is 7.07. The maximum atomic E-state index is 12.1. The van der Waals surface area contributed by atoms with Crippen molar-refractivity contribution in [3.05, 3.63) is 29.8 Å². The molecule has 0 bridgehead atoms. The monoisotopic (exact) mass is 382 g/mol. The number of hydrogen-bond acceptors (Lipinski definition) is 5. The zero-order valence-corrected chi connectivity index (χ0v) is 16.2. The van der Waals surface area contributed by atoms with Crippen molar-refractivity contribution in [1.29, 1.82) is 0 Å². The molecule has 1 atom stereocenters. The van der Waals surface area contributed by atoms with E-state index in [9.17, 15) is 18.0 Å². The Hall–Kier alpha value is -2.29. The van der Waals surface area contributed by atoms with Gasteiger partial charge in [0, 0.05) is 39.4 Å².